The Morgan fingerprint density at radius 3 is 2.56 bits per heavy atom. The average Bonchev–Trinajstić information content (AvgIpc) is 2.65. The molecule has 1 aliphatic heterocycles. The standard InChI is InChI=1S/C22H28ClN3O/c1-16(19-4-3-5-22(14-19)25-17(2)27)24-21-10-12-26(13-11-21)15-18-6-8-20(23)9-7-18/h3-9,14,16,21,24H,10-13,15H2,1-2H3,(H,25,27)/t16-/m0/s1. The highest BCUT2D eigenvalue weighted by Crippen LogP contribution is 2.21. The Balaban J connectivity index is 1.48. The summed E-state index contributed by atoms with van der Waals surface area (Å²) in [5, 5.41) is 7.40. The number of amides is 1. The predicted molar refractivity (Wildman–Crippen MR) is 112 cm³/mol. The normalized spacial score (nSPS) is 16.9. The van der Waals surface area contributed by atoms with Gasteiger partial charge in [-0.25, -0.2) is 0 Å². The quantitative estimate of drug-likeness (QED) is 0.762. The molecule has 1 saturated heterocycles. The maximum atomic E-state index is 11.3. The lowest BCUT2D eigenvalue weighted by atomic mass is 10.0. The van der Waals surface area contributed by atoms with E-state index in [0.717, 1.165) is 43.2 Å². The molecule has 1 amide bonds. The molecule has 0 radical (unpaired) electrons. The zero-order valence-corrected chi connectivity index (χ0v) is 16.8. The Hall–Kier alpha value is -1.88. The third kappa shape index (κ3) is 6.06. The van der Waals surface area contributed by atoms with Crippen molar-refractivity contribution in [3.63, 3.8) is 0 Å². The van der Waals surface area contributed by atoms with Gasteiger partial charge in [0.2, 0.25) is 5.91 Å². The molecule has 1 atom stereocenters. The summed E-state index contributed by atoms with van der Waals surface area (Å²) in [6.45, 7) is 6.90. The molecule has 2 N–H and O–H groups in total. The molecule has 27 heavy (non-hydrogen) atoms. The van der Waals surface area contributed by atoms with Gasteiger partial charge in [-0.1, -0.05) is 35.9 Å². The van der Waals surface area contributed by atoms with Gasteiger partial charge in [-0.3, -0.25) is 9.69 Å². The summed E-state index contributed by atoms with van der Waals surface area (Å²) in [6.07, 6.45) is 2.28. The molecular formula is C22H28ClN3O. The number of hydrogen-bond acceptors (Lipinski definition) is 3. The van der Waals surface area contributed by atoms with Crippen LogP contribution >= 0.6 is 11.6 Å². The van der Waals surface area contributed by atoms with Crippen molar-refractivity contribution in [3.05, 3.63) is 64.7 Å². The van der Waals surface area contributed by atoms with E-state index in [4.69, 9.17) is 11.6 Å². The van der Waals surface area contributed by atoms with E-state index in [2.05, 4.69) is 46.7 Å². The zero-order valence-electron chi connectivity index (χ0n) is 16.0. The van der Waals surface area contributed by atoms with E-state index in [1.807, 2.05) is 24.3 Å². The molecule has 1 fully saturated rings. The molecule has 4 nitrogen and oxygen atoms in total. The van der Waals surface area contributed by atoms with Crippen molar-refractivity contribution in [3.8, 4) is 0 Å². The summed E-state index contributed by atoms with van der Waals surface area (Å²) in [5.41, 5.74) is 3.37. The number of benzene rings is 2. The Morgan fingerprint density at radius 1 is 1.19 bits per heavy atom. The first-order chi connectivity index (χ1) is 13.0. The number of piperidine rings is 1. The van der Waals surface area contributed by atoms with Crippen LogP contribution in [0.4, 0.5) is 5.69 Å². The number of likely N-dealkylation sites (tertiary alicyclic amines) is 1. The van der Waals surface area contributed by atoms with Crippen molar-refractivity contribution in [2.75, 3.05) is 18.4 Å². The summed E-state index contributed by atoms with van der Waals surface area (Å²) < 4.78 is 0. The summed E-state index contributed by atoms with van der Waals surface area (Å²) in [5.74, 6) is -0.0409. The third-order valence-corrected chi connectivity index (χ3v) is 5.35. The highest BCUT2D eigenvalue weighted by molar-refractivity contribution is 6.30. The maximum Gasteiger partial charge on any atom is 0.221 e. The molecule has 3 rings (SSSR count). The van der Waals surface area contributed by atoms with Crippen LogP contribution in [0.2, 0.25) is 5.02 Å². The molecule has 0 unspecified atom stereocenters. The maximum absolute atomic E-state index is 11.3. The highest BCUT2D eigenvalue weighted by Gasteiger charge is 2.21. The minimum absolute atomic E-state index is 0.0409. The number of carbonyl (C=O) groups is 1. The smallest absolute Gasteiger partial charge is 0.221 e. The van der Waals surface area contributed by atoms with Gasteiger partial charge in [-0.15, -0.1) is 0 Å². The fourth-order valence-electron chi connectivity index (χ4n) is 3.64. The summed E-state index contributed by atoms with van der Waals surface area (Å²) in [6, 6.07) is 17.0. The molecule has 5 heteroatoms. The van der Waals surface area contributed by atoms with E-state index in [1.54, 1.807) is 0 Å². The van der Waals surface area contributed by atoms with Crippen LogP contribution in [0.5, 0.6) is 0 Å². The lowest BCUT2D eigenvalue weighted by molar-refractivity contribution is -0.114. The molecule has 2 aromatic carbocycles. The number of anilines is 1. The molecule has 0 bridgehead atoms. The lowest BCUT2D eigenvalue weighted by Crippen LogP contribution is -2.42. The van der Waals surface area contributed by atoms with Crippen LogP contribution in [-0.2, 0) is 11.3 Å². The zero-order chi connectivity index (χ0) is 19.2. The first-order valence-electron chi connectivity index (χ1n) is 9.60. The number of carbonyl (C=O) groups excluding carboxylic acids is 1. The highest BCUT2D eigenvalue weighted by atomic mass is 35.5. The van der Waals surface area contributed by atoms with E-state index in [-0.39, 0.29) is 11.9 Å². The lowest BCUT2D eigenvalue weighted by Gasteiger charge is -2.34. The fourth-order valence-corrected chi connectivity index (χ4v) is 3.77. The van der Waals surface area contributed by atoms with Crippen LogP contribution in [0.3, 0.4) is 0 Å². The fraction of sp³-hybridized carbons (Fsp3) is 0.409. The second-order valence-electron chi connectivity index (χ2n) is 7.37. The molecule has 0 aromatic heterocycles. The first-order valence-corrected chi connectivity index (χ1v) is 9.98. The van der Waals surface area contributed by atoms with Crippen LogP contribution in [0.25, 0.3) is 0 Å². The molecule has 144 valence electrons. The third-order valence-electron chi connectivity index (χ3n) is 5.10. The van der Waals surface area contributed by atoms with Gasteiger partial charge in [0.15, 0.2) is 0 Å². The van der Waals surface area contributed by atoms with Crippen LogP contribution in [0, 0.1) is 0 Å². The molecule has 1 heterocycles. The molecular weight excluding hydrogens is 358 g/mol. The molecule has 1 aliphatic rings. The minimum Gasteiger partial charge on any atom is -0.326 e. The summed E-state index contributed by atoms with van der Waals surface area (Å²) in [7, 11) is 0. The molecule has 2 aromatic rings. The van der Waals surface area contributed by atoms with Crippen molar-refractivity contribution < 1.29 is 4.79 Å². The molecule has 0 spiro atoms. The Bertz CT molecular complexity index is 754. The number of halogens is 1. The number of hydrogen-bond donors (Lipinski definition) is 2. The number of rotatable bonds is 6. The van der Waals surface area contributed by atoms with Crippen molar-refractivity contribution in [1.82, 2.24) is 10.2 Å². The number of nitrogens with one attached hydrogen (secondary N) is 2. The van der Waals surface area contributed by atoms with E-state index in [9.17, 15) is 4.79 Å². The van der Waals surface area contributed by atoms with Crippen LogP contribution in [0.15, 0.2) is 48.5 Å². The Labute approximate surface area is 166 Å². The van der Waals surface area contributed by atoms with Crippen LogP contribution in [0.1, 0.15) is 43.9 Å². The van der Waals surface area contributed by atoms with Gasteiger partial charge in [-0.2, -0.15) is 0 Å². The topological polar surface area (TPSA) is 44.4 Å². The van der Waals surface area contributed by atoms with E-state index < -0.39 is 0 Å². The van der Waals surface area contributed by atoms with Crippen molar-refractivity contribution >= 4 is 23.2 Å². The minimum atomic E-state index is -0.0409. The summed E-state index contributed by atoms with van der Waals surface area (Å²) in [4.78, 5) is 13.8. The van der Waals surface area contributed by atoms with E-state index >= 15 is 0 Å². The van der Waals surface area contributed by atoms with Gasteiger partial charge < -0.3 is 10.6 Å². The summed E-state index contributed by atoms with van der Waals surface area (Å²) >= 11 is 5.96. The van der Waals surface area contributed by atoms with Crippen LogP contribution in [-0.4, -0.2) is 29.9 Å². The Kier molecular flexibility index (Phi) is 6.89. The van der Waals surface area contributed by atoms with Gasteiger partial charge in [0, 0.05) is 36.3 Å². The van der Waals surface area contributed by atoms with Crippen LogP contribution < -0.4 is 10.6 Å². The SMILES string of the molecule is CC(=O)Nc1cccc([C@H](C)NC2CCN(Cc3ccc(Cl)cc3)CC2)c1. The molecule has 0 saturated carbocycles. The van der Waals surface area contributed by atoms with Gasteiger partial charge in [-0.05, 0) is 68.2 Å². The van der Waals surface area contributed by atoms with Gasteiger partial charge in [0.1, 0.15) is 0 Å². The van der Waals surface area contributed by atoms with Crippen molar-refractivity contribution in [2.45, 2.75) is 45.3 Å². The second kappa shape index (κ2) is 9.36. The van der Waals surface area contributed by atoms with Crippen molar-refractivity contribution in [1.29, 1.82) is 0 Å². The molecule has 0 aliphatic carbocycles. The Morgan fingerprint density at radius 2 is 1.89 bits per heavy atom. The monoisotopic (exact) mass is 385 g/mol. The van der Waals surface area contributed by atoms with Gasteiger partial charge in [0.05, 0.1) is 0 Å². The first kappa shape index (κ1) is 19.9. The van der Waals surface area contributed by atoms with Gasteiger partial charge in [0.25, 0.3) is 0 Å². The van der Waals surface area contributed by atoms with E-state index in [1.165, 1.54) is 18.1 Å². The average molecular weight is 386 g/mol. The largest absolute Gasteiger partial charge is 0.326 e. The van der Waals surface area contributed by atoms with E-state index in [0.29, 0.717) is 6.04 Å². The van der Waals surface area contributed by atoms with Gasteiger partial charge >= 0.3 is 0 Å². The van der Waals surface area contributed by atoms with Crippen molar-refractivity contribution in [2.24, 2.45) is 0 Å². The number of nitrogens with zero attached hydrogens (tertiary/aromatic N) is 1. The second-order valence-corrected chi connectivity index (χ2v) is 7.81. The predicted octanol–water partition coefficient (Wildman–Crippen LogP) is 4.61.